The molecular weight excluding hydrogens is 807 g/mol. The molecule has 11 atom stereocenters. The molecule has 7 aliphatic rings. The van der Waals surface area contributed by atoms with Crippen LogP contribution in [0.4, 0.5) is 9.59 Å². The normalized spacial score (nSPS) is 31.7. The maximum atomic E-state index is 12.7. The number of piperidine rings is 1. The van der Waals surface area contributed by atoms with Gasteiger partial charge < -0.3 is 51.2 Å². The number of ketones is 1. The number of nitrogens with one attached hydrogen (secondary N) is 4. The third kappa shape index (κ3) is 12.5. The van der Waals surface area contributed by atoms with Crippen molar-refractivity contribution in [3.8, 4) is 0 Å². The van der Waals surface area contributed by atoms with E-state index in [0.29, 0.717) is 22.5 Å². The Bertz CT molecular complexity index is 1610. The fourth-order valence-corrected chi connectivity index (χ4v) is 11.8. The van der Waals surface area contributed by atoms with Crippen LogP contribution in [0.1, 0.15) is 74.6 Å². The lowest BCUT2D eigenvalue weighted by molar-refractivity contribution is -0.154. The smallest absolute Gasteiger partial charge is 0.315 e. The van der Waals surface area contributed by atoms with Gasteiger partial charge in [-0.2, -0.15) is 23.5 Å². The number of ether oxygens (including phenoxy) is 2. The standard InChI is InChI=1S/C16H19NO4.2C10H16N2O3S.C4H4O2/c1-17-10-7-8-11(17)13(16(20)21)15(19)12(10)14(18)9-5-3-2-4-6-9;2*13-8(14)4-2-1-3-7-9-6(5-16-7)11-10(15)12-9;1-2-6-4-3-5-1/h2-6,10-13,15,19H,7-8H2,1H3,(H,20,21);2*6-7,9H,1-5H2,(H,13,14)(H2,11,12,15);1-4H/t10-,11+,12?,13+,15-;2*6-,7-,9-;/m000./s1. The first-order valence-electron chi connectivity index (χ1n) is 20.0. The Morgan fingerprint density at radius 1 is 0.695 bits per heavy atom. The van der Waals surface area contributed by atoms with Crippen molar-refractivity contribution in [2.45, 2.75) is 117 Å². The summed E-state index contributed by atoms with van der Waals surface area (Å²) >= 11 is 3.74. The van der Waals surface area contributed by atoms with Crippen LogP contribution in [0, 0.1) is 11.8 Å². The maximum Gasteiger partial charge on any atom is 0.315 e. The number of hydrogen-bond donors (Lipinski definition) is 8. The van der Waals surface area contributed by atoms with Crippen LogP contribution in [0.3, 0.4) is 0 Å². The Morgan fingerprint density at radius 3 is 1.58 bits per heavy atom. The minimum atomic E-state index is -1.12. The molecule has 1 unspecified atom stereocenters. The molecule has 17 nitrogen and oxygen atoms in total. The number of carboxylic acid groups (broad SMARTS) is 3. The zero-order valence-corrected chi connectivity index (χ0v) is 34.5. The molecule has 6 saturated heterocycles. The van der Waals surface area contributed by atoms with Crippen LogP contribution < -0.4 is 21.3 Å². The number of carbonyl (C=O) groups excluding carboxylic acids is 3. The van der Waals surface area contributed by atoms with E-state index in [1.165, 1.54) is 25.0 Å². The summed E-state index contributed by atoms with van der Waals surface area (Å²) in [6, 6.07) is 9.43. The van der Waals surface area contributed by atoms with Crippen LogP contribution in [-0.4, -0.2) is 132 Å². The van der Waals surface area contributed by atoms with E-state index < -0.39 is 35.8 Å². The number of thioether (sulfide) groups is 2. The topological polar surface area (TPSA) is 253 Å². The van der Waals surface area contributed by atoms with Gasteiger partial charge in [-0.25, -0.2) is 9.59 Å². The summed E-state index contributed by atoms with van der Waals surface area (Å²) in [4.78, 5) is 69.1. The SMILES string of the molecule is C1=COC=CO1.CN1[C@@H]2CC[C@H]1C(C(=O)c1ccccc1)[C@H](O)[C@@H]2C(=O)O.O=C(O)CCCC[C@@H]1SC[C@@H]2NC(=O)N[C@@H]21.O=C(O)CCCC[C@@H]1SC[C@@H]2NC(=O)N[C@@H]21. The molecule has 8 rings (SSSR count). The van der Waals surface area contributed by atoms with Gasteiger partial charge in [0, 0.05) is 52.5 Å². The van der Waals surface area contributed by atoms with Gasteiger partial charge in [-0.1, -0.05) is 43.2 Å². The number of amides is 4. The molecule has 2 bridgehead atoms. The lowest BCUT2D eigenvalue weighted by Crippen LogP contribution is -2.59. The molecule has 8 N–H and O–H groups in total. The summed E-state index contributed by atoms with van der Waals surface area (Å²) in [6.07, 6.45) is 11.9. The highest BCUT2D eigenvalue weighted by Gasteiger charge is 2.56. The summed E-state index contributed by atoms with van der Waals surface area (Å²) in [5.41, 5.74) is 0.532. The predicted octanol–water partition coefficient (Wildman–Crippen LogP) is 3.59. The second-order valence-electron chi connectivity index (χ2n) is 15.3. The molecule has 7 aliphatic heterocycles. The van der Waals surface area contributed by atoms with Crippen molar-refractivity contribution in [2.75, 3.05) is 18.6 Å². The maximum absolute atomic E-state index is 12.7. The zero-order chi connectivity index (χ0) is 42.5. The van der Waals surface area contributed by atoms with Crippen LogP contribution in [0.25, 0.3) is 0 Å². The molecule has 324 valence electrons. The number of rotatable bonds is 13. The van der Waals surface area contributed by atoms with E-state index in [4.69, 9.17) is 10.2 Å². The Morgan fingerprint density at radius 2 is 1.15 bits per heavy atom. The van der Waals surface area contributed by atoms with Gasteiger partial charge in [0.05, 0.1) is 42.1 Å². The molecule has 7 heterocycles. The minimum Gasteiger partial charge on any atom is -0.481 e. The van der Waals surface area contributed by atoms with Crippen molar-refractivity contribution in [1.29, 1.82) is 0 Å². The van der Waals surface area contributed by atoms with E-state index in [1.54, 1.807) is 24.3 Å². The van der Waals surface area contributed by atoms with Gasteiger partial charge in [-0.3, -0.25) is 24.1 Å². The highest BCUT2D eigenvalue weighted by atomic mass is 32.2. The zero-order valence-electron chi connectivity index (χ0n) is 32.9. The van der Waals surface area contributed by atoms with Gasteiger partial charge in [0.1, 0.15) is 25.0 Å². The van der Waals surface area contributed by atoms with Gasteiger partial charge >= 0.3 is 30.0 Å². The predicted molar refractivity (Wildman–Crippen MR) is 220 cm³/mol. The molecule has 0 spiro atoms. The molecule has 59 heavy (non-hydrogen) atoms. The van der Waals surface area contributed by atoms with E-state index in [0.717, 1.165) is 56.5 Å². The van der Waals surface area contributed by atoms with Crippen molar-refractivity contribution < 1.29 is 58.7 Å². The third-order valence-corrected chi connectivity index (χ3v) is 14.6. The second-order valence-corrected chi connectivity index (χ2v) is 17.9. The first-order valence-corrected chi connectivity index (χ1v) is 22.1. The molecule has 0 radical (unpaired) electrons. The first-order chi connectivity index (χ1) is 28.3. The van der Waals surface area contributed by atoms with E-state index in [9.17, 15) is 39.0 Å². The average molecular weight is 862 g/mol. The van der Waals surface area contributed by atoms with E-state index in [1.807, 2.05) is 41.5 Å². The Balaban J connectivity index is 0.000000158. The van der Waals surface area contributed by atoms with Gasteiger partial charge in [0.25, 0.3) is 0 Å². The fraction of sp³-hybridized carbons (Fsp3) is 0.600. The quantitative estimate of drug-likeness (QED) is 0.0802. The number of carbonyl (C=O) groups is 6. The Hall–Kier alpha value is -4.46. The number of fused-ring (bicyclic) bond motifs is 4. The van der Waals surface area contributed by atoms with Crippen LogP contribution in [-0.2, 0) is 23.9 Å². The largest absolute Gasteiger partial charge is 0.481 e. The summed E-state index contributed by atoms with van der Waals surface area (Å²) in [6.45, 7) is 0. The number of benzene rings is 1. The molecule has 4 amide bonds. The molecule has 6 fully saturated rings. The third-order valence-electron chi connectivity index (χ3n) is 11.6. The fourth-order valence-electron chi connectivity index (χ4n) is 8.72. The number of Topliss-reactive ketones (excluding diaryl/α,β-unsaturated/α-hetero) is 1. The molecule has 0 aliphatic carbocycles. The van der Waals surface area contributed by atoms with E-state index >= 15 is 0 Å². The first kappa shape index (κ1) is 45.6. The summed E-state index contributed by atoms with van der Waals surface area (Å²) < 4.78 is 9.17. The van der Waals surface area contributed by atoms with Crippen molar-refractivity contribution in [3.05, 3.63) is 60.9 Å². The average Bonchev–Trinajstić information content (AvgIpc) is 4.02. The molecule has 19 heteroatoms. The number of carboxylic acids is 3. The molecular formula is C40H55N5O12S2. The van der Waals surface area contributed by atoms with Gasteiger partial charge in [-0.15, -0.1) is 0 Å². The van der Waals surface area contributed by atoms with E-state index in [2.05, 4.69) is 30.7 Å². The lowest BCUT2D eigenvalue weighted by Gasteiger charge is -2.43. The summed E-state index contributed by atoms with van der Waals surface area (Å²) in [7, 11) is 1.86. The summed E-state index contributed by atoms with van der Waals surface area (Å²) in [5, 5.41) is 49.5. The highest BCUT2D eigenvalue weighted by molar-refractivity contribution is 8.00. The van der Waals surface area contributed by atoms with Gasteiger partial charge in [-0.05, 0) is 45.6 Å². The van der Waals surface area contributed by atoms with Crippen molar-refractivity contribution >= 4 is 59.3 Å². The molecule has 1 aromatic rings. The minimum absolute atomic E-state index is 0.0640. The van der Waals surface area contributed by atoms with Crippen LogP contribution in [0.5, 0.6) is 0 Å². The summed E-state index contributed by atoms with van der Waals surface area (Å²) in [5.74, 6) is -2.28. The van der Waals surface area contributed by atoms with Crippen LogP contribution in [0.15, 0.2) is 55.4 Å². The molecule has 0 saturated carbocycles. The Labute approximate surface area is 351 Å². The van der Waals surface area contributed by atoms with Crippen molar-refractivity contribution in [3.63, 3.8) is 0 Å². The number of aliphatic hydroxyl groups is 1. The number of urea groups is 2. The van der Waals surface area contributed by atoms with Gasteiger partial charge in [0.15, 0.2) is 5.78 Å². The van der Waals surface area contributed by atoms with Crippen molar-refractivity contribution in [2.24, 2.45) is 11.8 Å². The molecule has 0 aromatic heterocycles. The number of aliphatic hydroxyl groups excluding tert-OH is 1. The highest BCUT2D eigenvalue weighted by Crippen LogP contribution is 2.43. The van der Waals surface area contributed by atoms with Crippen LogP contribution >= 0.6 is 23.5 Å². The molecule has 1 aromatic carbocycles. The number of aliphatic carboxylic acids is 3. The Kier molecular flexibility index (Phi) is 17.2. The van der Waals surface area contributed by atoms with Crippen molar-refractivity contribution in [1.82, 2.24) is 26.2 Å². The number of hydrogen-bond acceptors (Lipinski definition) is 12. The van der Waals surface area contributed by atoms with E-state index in [-0.39, 0.29) is 66.9 Å². The second kappa shape index (κ2) is 22.2. The number of nitrogens with zero attached hydrogens (tertiary/aromatic N) is 1. The monoisotopic (exact) mass is 861 g/mol. The van der Waals surface area contributed by atoms with Gasteiger partial charge in [0.2, 0.25) is 0 Å². The number of unbranched alkanes of at least 4 members (excludes halogenated alkanes) is 2. The lowest BCUT2D eigenvalue weighted by atomic mass is 9.76. The van der Waals surface area contributed by atoms with Crippen LogP contribution in [0.2, 0.25) is 0 Å².